The maximum Gasteiger partial charge on any atom is 0.227 e. The van der Waals surface area contributed by atoms with Crippen LogP contribution in [0.3, 0.4) is 0 Å². The summed E-state index contributed by atoms with van der Waals surface area (Å²) < 4.78 is 0. The molecule has 0 bridgehead atoms. The Labute approximate surface area is 166 Å². The van der Waals surface area contributed by atoms with Crippen molar-refractivity contribution in [3.8, 4) is 0 Å². The molecule has 0 spiro atoms. The molecular formula is C18H27Cl3N2O2. The van der Waals surface area contributed by atoms with Crippen LogP contribution in [0.25, 0.3) is 0 Å². The van der Waals surface area contributed by atoms with Gasteiger partial charge in [-0.15, -0.1) is 12.4 Å². The van der Waals surface area contributed by atoms with Crippen LogP contribution in [0.4, 0.5) is 0 Å². The maximum atomic E-state index is 12.8. The minimum absolute atomic E-state index is 0. The highest BCUT2D eigenvalue weighted by Crippen LogP contribution is 2.25. The predicted octanol–water partition coefficient (Wildman–Crippen LogP) is 3.61. The number of carbonyl (C=O) groups is 1. The van der Waals surface area contributed by atoms with E-state index in [0.717, 1.165) is 31.5 Å². The third-order valence-electron chi connectivity index (χ3n) is 4.95. The smallest absolute Gasteiger partial charge is 0.227 e. The second kappa shape index (κ2) is 10.6. The molecule has 0 aliphatic carbocycles. The molecule has 1 unspecified atom stereocenters. The van der Waals surface area contributed by atoms with Crippen molar-refractivity contribution >= 4 is 41.5 Å². The summed E-state index contributed by atoms with van der Waals surface area (Å²) in [4.78, 5) is 17.4. The van der Waals surface area contributed by atoms with E-state index in [-0.39, 0.29) is 23.8 Å². The fraction of sp³-hybridized carbons (Fsp3) is 0.611. The molecule has 2 aliphatic rings. The van der Waals surface area contributed by atoms with Crippen molar-refractivity contribution in [1.29, 1.82) is 0 Å². The highest BCUT2D eigenvalue weighted by atomic mass is 35.5. The molecule has 25 heavy (non-hydrogen) atoms. The molecule has 1 aromatic rings. The minimum Gasteiger partial charge on any atom is -0.412 e. The lowest BCUT2D eigenvalue weighted by Crippen LogP contribution is -2.49. The van der Waals surface area contributed by atoms with E-state index in [4.69, 9.17) is 23.2 Å². The molecule has 1 atom stereocenters. The Morgan fingerprint density at radius 1 is 1.04 bits per heavy atom. The van der Waals surface area contributed by atoms with Gasteiger partial charge in [0.1, 0.15) is 0 Å². The summed E-state index contributed by atoms with van der Waals surface area (Å²) in [6.45, 7) is 4.29. The number of nitrogens with zero attached hydrogens (tertiary/aromatic N) is 2. The van der Waals surface area contributed by atoms with Crippen LogP contribution < -0.4 is 0 Å². The van der Waals surface area contributed by atoms with Gasteiger partial charge in [-0.3, -0.25) is 4.79 Å². The number of hydrogen-bond acceptors (Lipinski definition) is 2. The molecule has 2 N–H and O–H groups in total. The molecule has 7 heteroatoms. The third-order valence-corrected chi connectivity index (χ3v) is 5.69. The van der Waals surface area contributed by atoms with Gasteiger partial charge in [-0.2, -0.15) is 0 Å². The normalized spacial score (nSPS) is 20.7. The average molecular weight is 410 g/mol. The third kappa shape index (κ3) is 6.00. The molecule has 2 aliphatic heterocycles. The van der Waals surface area contributed by atoms with E-state index in [9.17, 15) is 4.79 Å². The first kappa shape index (κ1) is 22.5. The van der Waals surface area contributed by atoms with Crippen LogP contribution in [0.15, 0.2) is 18.2 Å². The van der Waals surface area contributed by atoms with Gasteiger partial charge in [0, 0.05) is 19.1 Å². The maximum absolute atomic E-state index is 12.8. The van der Waals surface area contributed by atoms with Crippen LogP contribution >= 0.6 is 35.6 Å². The Morgan fingerprint density at radius 3 is 2.40 bits per heavy atom. The zero-order chi connectivity index (χ0) is 16.2. The number of carbonyl (C=O) groups excluding carboxylic acids is 1. The molecule has 2 saturated heterocycles. The summed E-state index contributed by atoms with van der Waals surface area (Å²) in [5, 5.41) is 1.05. The first-order valence-corrected chi connectivity index (χ1v) is 9.35. The Balaban J connectivity index is 0.00000156. The standard InChI is InChI=1S/C18H24Cl2N2O.ClH.H2O/c19-16-7-6-14(11-17(16)20)12-18(23)22-10-2-1-5-15(22)13-21-8-3-4-9-21;;/h6-7,11,15H,1-5,8-10,12-13H2;1H;1H2. The Morgan fingerprint density at radius 2 is 1.72 bits per heavy atom. The molecule has 1 aromatic carbocycles. The molecule has 1 amide bonds. The first-order chi connectivity index (χ1) is 11.1. The first-order valence-electron chi connectivity index (χ1n) is 8.59. The number of rotatable bonds is 4. The van der Waals surface area contributed by atoms with Crippen molar-refractivity contribution in [2.24, 2.45) is 0 Å². The number of likely N-dealkylation sites (tertiary alicyclic amines) is 2. The molecule has 0 saturated carbocycles. The van der Waals surface area contributed by atoms with Crippen LogP contribution in [0.5, 0.6) is 0 Å². The summed E-state index contributed by atoms with van der Waals surface area (Å²) in [6, 6.07) is 5.84. The van der Waals surface area contributed by atoms with E-state index in [1.165, 1.54) is 32.4 Å². The predicted molar refractivity (Wildman–Crippen MR) is 106 cm³/mol. The Hall–Kier alpha value is -0.520. The van der Waals surface area contributed by atoms with Gasteiger partial charge in [-0.25, -0.2) is 0 Å². The number of amides is 1. The van der Waals surface area contributed by atoms with Gasteiger partial charge in [0.15, 0.2) is 0 Å². The van der Waals surface area contributed by atoms with Gasteiger partial charge in [-0.05, 0) is 62.9 Å². The van der Waals surface area contributed by atoms with Crippen molar-refractivity contribution in [2.45, 2.75) is 44.6 Å². The Kier molecular flexibility index (Phi) is 9.54. The van der Waals surface area contributed by atoms with Crippen LogP contribution in [-0.2, 0) is 11.2 Å². The fourth-order valence-electron chi connectivity index (χ4n) is 3.71. The second-order valence-electron chi connectivity index (χ2n) is 6.67. The fourth-order valence-corrected chi connectivity index (χ4v) is 4.03. The monoisotopic (exact) mass is 408 g/mol. The van der Waals surface area contributed by atoms with E-state index in [1.807, 2.05) is 6.07 Å². The van der Waals surface area contributed by atoms with E-state index < -0.39 is 0 Å². The molecule has 0 radical (unpaired) electrons. The van der Waals surface area contributed by atoms with Crippen molar-refractivity contribution in [3.63, 3.8) is 0 Å². The molecule has 3 rings (SSSR count). The summed E-state index contributed by atoms with van der Waals surface area (Å²) in [5.74, 6) is 0.215. The molecule has 2 heterocycles. The zero-order valence-corrected chi connectivity index (χ0v) is 16.7. The molecule has 0 aromatic heterocycles. The van der Waals surface area contributed by atoms with Gasteiger partial charge >= 0.3 is 0 Å². The lowest BCUT2D eigenvalue weighted by atomic mass is 10.00. The average Bonchev–Trinajstić information content (AvgIpc) is 3.04. The lowest BCUT2D eigenvalue weighted by Gasteiger charge is -2.38. The van der Waals surface area contributed by atoms with Crippen molar-refractivity contribution in [2.75, 3.05) is 26.2 Å². The summed E-state index contributed by atoms with van der Waals surface area (Å²) in [7, 11) is 0. The summed E-state index contributed by atoms with van der Waals surface area (Å²) >= 11 is 12.0. The molecular weight excluding hydrogens is 383 g/mol. The van der Waals surface area contributed by atoms with E-state index in [2.05, 4.69) is 9.80 Å². The zero-order valence-electron chi connectivity index (χ0n) is 14.3. The molecule has 4 nitrogen and oxygen atoms in total. The van der Waals surface area contributed by atoms with Gasteiger partial charge in [0.05, 0.1) is 16.5 Å². The Bertz CT molecular complexity index is 565. The van der Waals surface area contributed by atoms with Crippen LogP contribution in [0, 0.1) is 0 Å². The van der Waals surface area contributed by atoms with Crippen molar-refractivity contribution in [1.82, 2.24) is 9.80 Å². The van der Waals surface area contributed by atoms with Crippen LogP contribution in [-0.4, -0.2) is 53.4 Å². The molecule has 142 valence electrons. The van der Waals surface area contributed by atoms with Crippen molar-refractivity contribution in [3.05, 3.63) is 33.8 Å². The largest absolute Gasteiger partial charge is 0.412 e. The molecule has 2 fully saturated rings. The van der Waals surface area contributed by atoms with Crippen LogP contribution in [0.2, 0.25) is 10.0 Å². The van der Waals surface area contributed by atoms with Gasteiger partial charge < -0.3 is 15.3 Å². The second-order valence-corrected chi connectivity index (χ2v) is 7.48. The van der Waals surface area contributed by atoms with Crippen LogP contribution in [0.1, 0.15) is 37.7 Å². The number of halogens is 3. The summed E-state index contributed by atoms with van der Waals surface area (Å²) in [5.41, 5.74) is 0.940. The van der Waals surface area contributed by atoms with E-state index in [0.29, 0.717) is 22.5 Å². The topological polar surface area (TPSA) is 55.1 Å². The van der Waals surface area contributed by atoms with E-state index >= 15 is 0 Å². The van der Waals surface area contributed by atoms with Gasteiger partial charge in [-0.1, -0.05) is 29.3 Å². The minimum atomic E-state index is 0. The number of benzene rings is 1. The lowest BCUT2D eigenvalue weighted by molar-refractivity contribution is -0.134. The van der Waals surface area contributed by atoms with Crippen molar-refractivity contribution < 1.29 is 10.3 Å². The van der Waals surface area contributed by atoms with Gasteiger partial charge in [0.2, 0.25) is 5.91 Å². The van der Waals surface area contributed by atoms with E-state index in [1.54, 1.807) is 12.1 Å². The number of hydrogen-bond donors (Lipinski definition) is 0. The SMILES string of the molecule is Cl.O.O=C(Cc1ccc(Cl)c(Cl)c1)N1CCCCC1CN1CCCC1. The highest BCUT2D eigenvalue weighted by Gasteiger charge is 2.28. The number of piperidine rings is 1. The quantitative estimate of drug-likeness (QED) is 0.762. The highest BCUT2D eigenvalue weighted by molar-refractivity contribution is 6.42. The summed E-state index contributed by atoms with van der Waals surface area (Å²) in [6.07, 6.45) is 6.48. The van der Waals surface area contributed by atoms with Gasteiger partial charge in [0.25, 0.3) is 0 Å².